The number of nitrogens with zero attached hydrogens (tertiary/aromatic N) is 1. The van der Waals surface area contributed by atoms with Gasteiger partial charge in [-0.25, -0.2) is 9.37 Å². The molecule has 1 aromatic carbocycles. The van der Waals surface area contributed by atoms with Gasteiger partial charge in [0.05, 0.1) is 10.7 Å². The third-order valence-corrected chi connectivity index (χ3v) is 2.48. The lowest BCUT2D eigenvalue weighted by molar-refractivity contribution is 0.632. The van der Waals surface area contributed by atoms with Crippen molar-refractivity contribution in [2.45, 2.75) is 0 Å². The van der Waals surface area contributed by atoms with Crippen LogP contribution in [0.25, 0.3) is 0 Å². The number of aromatic nitrogens is 1. The first kappa shape index (κ1) is 11.2. The van der Waals surface area contributed by atoms with E-state index in [4.69, 9.17) is 23.2 Å². The van der Waals surface area contributed by atoms with Gasteiger partial charge >= 0.3 is 0 Å². The molecule has 1 heterocycles. The molecule has 2 nitrogen and oxygen atoms in total. The van der Waals surface area contributed by atoms with Crippen LogP contribution in [0.15, 0.2) is 36.5 Å². The normalized spacial score (nSPS) is 10.2. The van der Waals surface area contributed by atoms with Crippen LogP contribution in [-0.2, 0) is 0 Å². The number of hydrogen-bond donors (Lipinski definition) is 1. The van der Waals surface area contributed by atoms with Gasteiger partial charge in [-0.1, -0.05) is 29.3 Å². The van der Waals surface area contributed by atoms with Crippen LogP contribution >= 0.6 is 23.2 Å². The van der Waals surface area contributed by atoms with Crippen molar-refractivity contribution in [3.63, 3.8) is 0 Å². The summed E-state index contributed by atoms with van der Waals surface area (Å²) < 4.78 is 13.4. The first-order valence-electron chi connectivity index (χ1n) is 4.49. The van der Waals surface area contributed by atoms with Gasteiger partial charge in [-0.15, -0.1) is 0 Å². The smallest absolute Gasteiger partial charge is 0.148 e. The van der Waals surface area contributed by atoms with Crippen molar-refractivity contribution in [2.24, 2.45) is 0 Å². The van der Waals surface area contributed by atoms with Gasteiger partial charge in [-0.05, 0) is 24.3 Å². The summed E-state index contributed by atoms with van der Waals surface area (Å²) in [7, 11) is 0. The molecule has 16 heavy (non-hydrogen) atoms. The first-order valence-corrected chi connectivity index (χ1v) is 5.25. The Balaban J connectivity index is 2.34. The van der Waals surface area contributed by atoms with Crippen molar-refractivity contribution in [2.75, 3.05) is 5.32 Å². The molecule has 2 aromatic rings. The number of benzene rings is 1. The summed E-state index contributed by atoms with van der Waals surface area (Å²) in [5.41, 5.74) is 0.860. The van der Waals surface area contributed by atoms with E-state index >= 15 is 0 Å². The highest BCUT2D eigenvalue weighted by atomic mass is 35.5. The second kappa shape index (κ2) is 4.68. The topological polar surface area (TPSA) is 24.9 Å². The van der Waals surface area contributed by atoms with E-state index in [0.717, 1.165) is 0 Å². The molecule has 2 rings (SSSR count). The molecule has 0 spiro atoms. The van der Waals surface area contributed by atoms with Gasteiger partial charge < -0.3 is 5.32 Å². The number of para-hydroxylation sites is 1. The largest absolute Gasteiger partial charge is 0.352 e. The summed E-state index contributed by atoms with van der Waals surface area (Å²) in [5.74, 6) is -0.416. The maximum atomic E-state index is 13.4. The van der Waals surface area contributed by atoms with Gasteiger partial charge in [0.2, 0.25) is 0 Å². The molecule has 0 atom stereocenters. The fourth-order valence-corrected chi connectivity index (χ4v) is 1.63. The zero-order valence-electron chi connectivity index (χ0n) is 8.05. The van der Waals surface area contributed by atoms with Gasteiger partial charge in [0.15, 0.2) is 0 Å². The monoisotopic (exact) mass is 256 g/mol. The molecule has 1 aromatic heterocycles. The standard InChI is InChI=1S/C11H7Cl2FN2/c12-8-2-1-3-9(14)11(8)16-7-4-5-15-10(13)6-7/h1-6H,(H,15,16). The van der Waals surface area contributed by atoms with Crippen molar-refractivity contribution < 1.29 is 4.39 Å². The van der Waals surface area contributed by atoms with Crippen molar-refractivity contribution >= 4 is 34.6 Å². The lowest BCUT2D eigenvalue weighted by Gasteiger charge is -2.09. The highest BCUT2D eigenvalue weighted by Crippen LogP contribution is 2.28. The molecule has 0 saturated carbocycles. The van der Waals surface area contributed by atoms with E-state index < -0.39 is 5.82 Å². The SMILES string of the molecule is Fc1cccc(Cl)c1Nc1ccnc(Cl)c1. The minimum absolute atomic E-state index is 0.228. The fourth-order valence-electron chi connectivity index (χ4n) is 1.24. The van der Waals surface area contributed by atoms with E-state index in [2.05, 4.69) is 10.3 Å². The molecule has 0 aliphatic carbocycles. The van der Waals surface area contributed by atoms with E-state index in [1.54, 1.807) is 24.3 Å². The number of rotatable bonds is 2. The second-order valence-corrected chi connectivity index (χ2v) is 3.88. The maximum absolute atomic E-state index is 13.4. The molecule has 0 amide bonds. The molecule has 0 radical (unpaired) electrons. The van der Waals surface area contributed by atoms with E-state index in [1.807, 2.05) is 0 Å². The van der Waals surface area contributed by atoms with Crippen LogP contribution in [-0.4, -0.2) is 4.98 Å². The van der Waals surface area contributed by atoms with E-state index in [-0.39, 0.29) is 5.69 Å². The van der Waals surface area contributed by atoms with Gasteiger partial charge in [-0.3, -0.25) is 0 Å². The predicted octanol–water partition coefficient (Wildman–Crippen LogP) is 4.27. The average Bonchev–Trinajstić information content (AvgIpc) is 2.24. The van der Waals surface area contributed by atoms with E-state index in [9.17, 15) is 4.39 Å². The Labute approximate surface area is 102 Å². The third-order valence-electron chi connectivity index (χ3n) is 1.96. The zero-order chi connectivity index (χ0) is 11.5. The third kappa shape index (κ3) is 2.43. The van der Waals surface area contributed by atoms with E-state index in [0.29, 0.717) is 15.9 Å². The highest BCUT2D eigenvalue weighted by Gasteiger charge is 2.06. The van der Waals surface area contributed by atoms with Crippen LogP contribution < -0.4 is 5.32 Å². The summed E-state index contributed by atoms with van der Waals surface area (Å²) in [5, 5.41) is 3.49. The lowest BCUT2D eigenvalue weighted by Crippen LogP contribution is -1.94. The molecule has 1 N–H and O–H groups in total. The van der Waals surface area contributed by atoms with Gasteiger partial charge in [0.25, 0.3) is 0 Å². The number of hydrogen-bond acceptors (Lipinski definition) is 2. The number of pyridine rings is 1. The van der Waals surface area contributed by atoms with Crippen molar-refractivity contribution in [1.29, 1.82) is 0 Å². The number of anilines is 2. The quantitative estimate of drug-likeness (QED) is 0.812. The first-order chi connectivity index (χ1) is 7.66. The maximum Gasteiger partial charge on any atom is 0.148 e. The second-order valence-electron chi connectivity index (χ2n) is 3.09. The molecule has 0 aliphatic heterocycles. The Morgan fingerprint density at radius 3 is 2.69 bits per heavy atom. The lowest BCUT2D eigenvalue weighted by atomic mass is 10.3. The molecular formula is C11H7Cl2FN2. The number of nitrogens with one attached hydrogen (secondary N) is 1. The van der Waals surface area contributed by atoms with Crippen molar-refractivity contribution in [3.05, 3.63) is 52.5 Å². The van der Waals surface area contributed by atoms with Crippen molar-refractivity contribution in [1.82, 2.24) is 4.98 Å². The van der Waals surface area contributed by atoms with Crippen LogP contribution in [0.5, 0.6) is 0 Å². The predicted molar refractivity (Wildman–Crippen MR) is 63.9 cm³/mol. The molecule has 0 aliphatic rings. The van der Waals surface area contributed by atoms with E-state index in [1.165, 1.54) is 12.3 Å². The van der Waals surface area contributed by atoms with Gasteiger partial charge in [0, 0.05) is 11.9 Å². The van der Waals surface area contributed by atoms with Crippen LogP contribution in [0.3, 0.4) is 0 Å². The summed E-state index contributed by atoms with van der Waals surface area (Å²) in [6.45, 7) is 0. The Morgan fingerprint density at radius 2 is 2.00 bits per heavy atom. The van der Waals surface area contributed by atoms with Crippen LogP contribution in [0.2, 0.25) is 10.2 Å². The Morgan fingerprint density at radius 1 is 1.19 bits per heavy atom. The van der Waals surface area contributed by atoms with Gasteiger partial charge in [-0.2, -0.15) is 0 Å². The van der Waals surface area contributed by atoms with Crippen LogP contribution in [0.1, 0.15) is 0 Å². The highest BCUT2D eigenvalue weighted by molar-refractivity contribution is 6.33. The molecule has 82 valence electrons. The molecule has 0 saturated heterocycles. The average molecular weight is 257 g/mol. The van der Waals surface area contributed by atoms with Crippen LogP contribution in [0.4, 0.5) is 15.8 Å². The molecule has 0 unspecified atom stereocenters. The number of halogens is 3. The molecule has 0 bridgehead atoms. The van der Waals surface area contributed by atoms with Crippen LogP contribution in [0, 0.1) is 5.82 Å². The molecular weight excluding hydrogens is 250 g/mol. The van der Waals surface area contributed by atoms with Crippen molar-refractivity contribution in [3.8, 4) is 0 Å². The summed E-state index contributed by atoms with van der Waals surface area (Å²) in [4.78, 5) is 3.83. The zero-order valence-corrected chi connectivity index (χ0v) is 9.56. The Bertz CT molecular complexity index is 497. The minimum atomic E-state index is -0.416. The minimum Gasteiger partial charge on any atom is -0.352 e. The summed E-state index contributed by atoms with van der Waals surface area (Å²) in [6, 6.07) is 7.74. The fraction of sp³-hybridized carbons (Fsp3) is 0. The summed E-state index contributed by atoms with van der Waals surface area (Å²) >= 11 is 11.6. The summed E-state index contributed by atoms with van der Waals surface area (Å²) in [6.07, 6.45) is 1.53. The Hall–Kier alpha value is -1.32. The molecule has 0 fully saturated rings. The Kier molecular flexibility index (Phi) is 3.27. The van der Waals surface area contributed by atoms with Gasteiger partial charge in [0.1, 0.15) is 11.0 Å². The molecule has 5 heteroatoms.